The van der Waals surface area contributed by atoms with Gasteiger partial charge >= 0.3 is 0 Å². The molecule has 0 unspecified atom stereocenters. The van der Waals surface area contributed by atoms with Crippen LogP contribution in [0.5, 0.6) is 0 Å². The van der Waals surface area contributed by atoms with Gasteiger partial charge in [-0.1, -0.05) is 23.7 Å². The van der Waals surface area contributed by atoms with Gasteiger partial charge in [0.1, 0.15) is 6.54 Å². The summed E-state index contributed by atoms with van der Waals surface area (Å²) in [6.45, 7) is 0.133. The average Bonchev–Trinajstić information content (AvgIpc) is 2.26. The van der Waals surface area contributed by atoms with E-state index in [1.165, 1.54) is 4.90 Å². The van der Waals surface area contributed by atoms with Crippen molar-refractivity contribution in [2.24, 2.45) is 0 Å². The number of benzene rings is 1. The van der Waals surface area contributed by atoms with Crippen molar-refractivity contribution in [1.82, 2.24) is 4.90 Å². The van der Waals surface area contributed by atoms with E-state index in [0.717, 1.165) is 5.56 Å². The third kappa shape index (κ3) is 3.92. The maximum Gasteiger partial charge on any atom is 0.223 e. The Morgan fingerprint density at radius 1 is 1.56 bits per heavy atom. The van der Waals surface area contributed by atoms with Crippen LogP contribution in [0.1, 0.15) is 12.0 Å². The van der Waals surface area contributed by atoms with Gasteiger partial charge in [-0.2, -0.15) is 5.26 Å². The molecule has 1 aromatic carbocycles. The van der Waals surface area contributed by atoms with Crippen molar-refractivity contribution in [2.75, 3.05) is 13.6 Å². The molecule has 0 atom stereocenters. The summed E-state index contributed by atoms with van der Waals surface area (Å²) in [6.07, 6.45) is 1.05. The minimum Gasteiger partial charge on any atom is -0.332 e. The highest BCUT2D eigenvalue weighted by Gasteiger charge is 2.07. The van der Waals surface area contributed by atoms with Crippen molar-refractivity contribution in [3.63, 3.8) is 0 Å². The molecule has 0 radical (unpaired) electrons. The van der Waals surface area contributed by atoms with E-state index in [9.17, 15) is 4.79 Å². The number of hydrogen-bond donors (Lipinski definition) is 0. The summed E-state index contributed by atoms with van der Waals surface area (Å²) >= 11 is 5.83. The third-order valence-corrected chi connectivity index (χ3v) is 2.49. The fraction of sp³-hybridized carbons (Fsp3) is 0.333. The number of carbonyl (C=O) groups excluding carboxylic acids is 1. The summed E-state index contributed by atoms with van der Waals surface area (Å²) in [4.78, 5) is 13.0. The molecular weight excluding hydrogens is 224 g/mol. The number of rotatable bonds is 4. The Bertz CT molecular complexity index is 412. The normalized spacial score (nSPS) is 9.56. The quantitative estimate of drug-likeness (QED) is 0.753. The smallest absolute Gasteiger partial charge is 0.223 e. The van der Waals surface area contributed by atoms with Gasteiger partial charge in [0.15, 0.2) is 0 Å². The predicted octanol–water partition coefficient (Wildman–Crippen LogP) is 2.25. The van der Waals surface area contributed by atoms with Gasteiger partial charge < -0.3 is 4.90 Å². The van der Waals surface area contributed by atoms with Crippen LogP contribution in [-0.2, 0) is 11.2 Å². The highest BCUT2D eigenvalue weighted by molar-refractivity contribution is 6.30. The van der Waals surface area contributed by atoms with Gasteiger partial charge in [-0.05, 0) is 24.1 Å². The summed E-state index contributed by atoms with van der Waals surface area (Å²) in [6, 6.07) is 9.38. The molecule has 0 aliphatic heterocycles. The third-order valence-electron chi connectivity index (χ3n) is 2.25. The number of nitriles is 1. The van der Waals surface area contributed by atoms with E-state index in [1.807, 2.05) is 24.3 Å². The van der Waals surface area contributed by atoms with E-state index in [2.05, 4.69) is 0 Å². The zero-order chi connectivity index (χ0) is 12.0. The number of aryl methyl sites for hydroxylation is 1. The zero-order valence-corrected chi connectivity index (χ0v) is 9.87. The minimum atomic E-state index is -0.0264. The molecule has 0 spiro atoms. The van der Waals surface area contributed by atoms with Crippen LogP contribution >= 0.6 is 11.6 Å². The first kappa shape index (κ1) is 12.5. The second-order valence-corrected chi connectivity index (χ2v) is 3.97. The number of carbonyl (C=O) groups is 1. The first-order valence-corrected chi connectivity index (χ1v) is 5.36. The molecule has 0 aliphatic rings. The van der Waals surface area contributed by atoms with E-state index < -0.39 is 0 Å². The van der Waals surface area contributed by atoms with Gasteiger partial charge in [0, 0.05) is 18.5 Å². The van der Waals surface area contributed by atoms with E-state index >= 15 is 0 Å². The topological polar surface area (TPSA) is 44.1 Å². The summed E-state index contributed by atoms with van der Waals surface area (Å²) in [5.41, 5.74) is 1.03. The lowest BCUT2D eigenvalue weighted by atomic mass is 10.1. The molecule has 0 aliphatic carbocycles. The molecule has 0 saturated heterocycles. The highest BCUT2D eigenvalue weighted by atomic mass is 35.5. The fourth-order valence-electron chi connectivity index (χ4n) is 1.33. The number of nitrogens with zero attached hydrogens (tertiary/aromatic N) is 2. The minimum absolute atomic E-state index is 0.0264. The Morgan fingerprint density at radius 2 is 2.31 bits per heavy atom. The molecule has 1 amide bonds. The van der Waals surface area contributed by atoms with Gasteiger partial charge in [0.05, 0.1) is 6.07 Å². The summed E-state index contributed by atoms with van der Waals surface area (Å²) < 4.78 is 0. The molecule has 0 aromatic heterocycles. The van der Waals surface area contributed by atoms with Crippen LogP contribution in [-0.4, -0.2) is 24.4 Å². The predicted molar refractivity (Wildman–Crippen MR) is 63.0 cm³/mol. The van der Waals surface area contributed by atoms with Gasteiger partial charge in [-0.15, -0.1) is 0 Å². The SMILES string of the molecule is CN(CC#N)C(=O)CCc1cccc(Cl)c1. The largest absolute Gasteiger partial charge is 0.332 e. The lowest BCUT2D eigenvalue weighted by Crippen LogP contribution is -2.27. The van der Waals surface area contributed by atoms with Crippen LogP contribution in [0.25, 0.3) is 0 Å². The Kier molecular flexibility index (Phi) is 4.81. The first-order valence-electron chi connectivity index (χ1n) is 4.99. The molecule has 4 heteroatoms. The molecule has 0 saturated carbocycles. The standard InChI is InChI=1S/C12H13ClN2O/c1-15(8-7-14)12(16)6-5-10-3-2-4-11(13)9-10/h2-4,9H,5-6,8H2,1H3. The molecule has 0 fully saturated rings. The number of halogens is 1. The fourth-order valence-corrected chi connectivity index (χ4v) is 1.54. The van der Waals surface area contributed by atoms with Crippen molar-refractivity contribution < 1.29 is 4.79 Å². The lowest BCUT2D eigenvalue weighted by Gasteiger charge is -2.12. The van der Waals surface area contributed by atoms with Crippen molar-refractivity contribution in [3.8, 4) is 6.07 Å². The molecule has 0 heterocycles. The maximum absolute atomic E-state index is 11.5. The summed E-state index contributed by atoms with van der Waals surface area (Å²) in [5, 5.41) is 9.12. The van der Waals surface area contributed by atoms with Crippen LogP contribution < -0.4 is 0 Å². The molecule has 84 valence electrons. The van der Waals surface area contributed by atoms with Crippen molar-refractivity contribution >= 4 is 17.5 Å². The molecule has 3 nitrogen and oxygen atoms in total. The Morgan fingerprint density at radius 3 is 2.94 bits per heavy atom. The highest BCUT2D eigenvalue weighted by Crippen LogP contribution is 2.12. The van der Waals surface area contributed by atoms with Gasteiger partial charge in [0.25, 0.3) is 0 Å². The molecule has 1 rings (SSSR count). The van der Waals surface area contributed by atoms with Gasteiger partial charge in [0.2, 0.25) is 5.91 Å². The van der Waals surface area contributed by atoms with Crippen LogP contribution in [0.3, 0.4) is 0 Å². The molecule has 16 heavy (non-hydrogen) atoms. The Hall–Kier alpha value is -1.53. The Labute approximate surface area is 100 Å². The first-order chi connectivity index (χ1) is 7.63. The monoisotopic (exact) mass is 236 g/mol. The molecule has 0 N–H and O–H groups in total. The Balaban J connectivity index is 2.46. The van der Waals surface area contributed by atoms with Gasteiger partial charge in [-0.25, -0.2) is 0 Å². The van der Waals surface area contributed by atoms with E-state index in [0.29, 0.717) is 17.9 Å². The van der Waals surface area contributed by atoms with Crippen LogP contribution in [0.4, 0.5) is 0 Å². The molecule has 0 bridgehead atoms. The van der Waals surface area contributed by atoms with E-state index in [1.54, 1.807) is 13.1 Å². The van der Waals surface area contributed by atoms with Crippen molar-refractivity contribution in [3.05, 3.63) is 34.9 Å². The van der Waals surface area contributed by atoms with Crippen molar-refractivity contribution in [2.45, 2.75) is 12.8 Å². The zero-order valence-electron chi connectivity index (χ0n) is 9.11. The molecule has 1 aromatic rings. The number of hydrogen-bond acceptors (Lipinski definition) is 2. The van der Waals surface area contributed by atoms with Crippen LogP contribution in [0, 0.1) is 11.3 Å². The summed E-state index contributed by atoms with van der Waals surface area (Å²) in [5.74, 6) is -0.0264. The van der Waals surface area contributed by atoms with Crippen LogP contribution in [0.15, 0.2) is 24.3 Å². The van der Waals surface area contributed by atoms with E-state index in [4.69, 9.17) is 16.9 Å². The van der Waals surface area contributed by atoms with Crippen LogP contribution in [0.2, 0.25) is 5.02 Å². The average molecular weight is 237 g/mol. The number of amides is 1. The van der Waals surface area contributed by atoms with Gasteiger partial charge in [-0.3, -0.25) is 4.79 Å². The lowest BCUT2D eigenvalue weighted by molar-refractivity contribution is -0.129. The summed E-state index contributed by atoms with van der Waals surface area (Å²) in [7, 11) is 1.63. The second kappa shape index (κ2) is 6.14. The van der Waals surface area contributed by atoms with Crippen molar-refractivity contribution in [1.29, 1.82) is 5.26 Å². The maximum atomic E-state index is 11.5. The second-order valence-electron chi connectivity index (χ2n) is 3.54. The van der Waals surface area contributed by atoms with E-state index in [-0.39, 0.29) is 12.5 Å². The molecular formula is C12H13ClN2O.